The highest BCUT2D eigenvalue weighted by molar-refractivity contribution is 5.69. The van der Waals surface area contributed by atoms with Crippen LogP contribution in [0.3, 0.4) is 0 Å². The number of aromatic nitrogens is 2. The summed E-state index contributed by atoms with van der Waals surface area (Å²) < 4.78 is 20.7. The molecule has 0 amide bonds. The number of carboxylic acids is 1. The second-order valence-corrected chi connectivity index (χ2v) is 5.16. The van der Waals surface area contributed by atoms with Crippen molar-refractivity contribution in [1.29, 1.82) is 0 Å². The maximum absolute atomic E-state index is 13.8. The third kappa shape index (κ3) is 3.25. The number of nitrogens with zero attached hydrogens (tertiary/aromatic N) is 2. The van der Waals surface area contributed by atoms with E-state index in [4.69, 9.17) is 15.6 Å². The first kappa shape index (κ1) is 16.4. The zero-order valence-electron chi connectivity index (χ0n) is 11.9. The first-order valence-corrected chi connectivity index (χ1v) is 7.01. The van der Waals surface area contributed by atoms with E-state index >= 15 is 0 Å². The molecule has 9 heteroatoms. The summed E-state index contributed by atoms with van der Waals surface area (Å²) in [7, 11) is 0. The molecule has 0 bridgehead atoms. The monoisotopic (exact) mass is 315 g/mol. The predicted octanol–water partition coefficient (Wildman–Crippen LogP) is -0.492. The van der Waals surface area contributed by atoms with Gasteiger partial charge in [0.2, 0.25) is 5.82 Å². The van der Waals surface area contributed by atoms with E-state index in [9.17, 15) is 18.8 Å². The molecule has 1 aromatic heterocycles. The van der Waals surface area contributed by atoms with Crippen LogP contribution in [0, 0.1) is 11.7 Å². The molecule has 1 saturated heterocycles. The third-order valence-electron chi connectivity index (χ3n) is 3.64. The van der Waals surface area contributed by atoms with Crippen LogP contribution in [0.5, 0.6) is 0 Å². The maximum Gasteiger partial charge on any atom is 0.333 e. The number of carboxylic acid groups (broad SMARTS) is 1. The normalized spacial score (nSPS) is 19.3. The van der Waals surface area contributed by atoms with Gasteiger partial charge in [-0.1, -0.05) is 0 Å². The SMILES string of the molecule is NCCC(Cn1c(=O)c(F)cn(C2CCCO2)c1=O)C(=O)O. The molecular weight excluding hydrogens is 297 g/mol. The molecule has 2 rings (SSSR count). The van der Waals surface area contributed by atoms with Gasteiger partial charge in [-0.2, -0.15) is 4.39 Å². The van der Waals surface area contributed by atoms with Crippen molar-refractivity contribution in [2.45, 2.75) is 32.0 Å². The smallest absolute Gasteiger partial charge is 0.333 e. The Morgan fingerprint density at radius 1 is 1.55 bits per heavy atom. The van der Waals surface area contributed by atoms with Crippen LogP contribution < -0.4 is 17.0 Å². The van der Waals surface area contributed by atoms with Crippen molar-refractivity contribution in [2.75, 3.05) is 13.2 Å². The highest BCUT2D eigenvalue weighted by atomic mass is 19.1. The Morgan fingerprint density at radius 3 is 2.82 bits per heavy atom. The van der Waals surface area contributed by atoms with Gasteiger partial charge in [0.05, 0.1) is 12.1 Å². The quantitative estimate of drug-likeness (QED) is 0.731. The lowest BCUT2D eigenvalue weighted by atomic mass is 10.1. The number of hydrogen-bond donors (Lipinski definition) is 2. The number of aliphatic carboxylic acids is 1. The summed E-state index contributed by atoms with van der Waals surface area (Å²) in [5.74, 6) is -3.34. The van der Waals surface area contributed by atoms with Crippen molar-refractivity contribution in [3.8, 4) is 0 Å². The van der Waals surface area contributed by atoms with Gasteiger partial charge in [-0.15, -0.1) is 0 Å². The molecule has 1 aliphatic heterocycles. The van der Waals surface area contributed by atoms with Crippen molar-refractivity contribution in [2.24, 2.45) is 11.7 Å². The molecule has 122 valence electrons. The highest BCUT2D eigenvalue weighted by Crippen LogP contribution is 2.20. The van der Waals surface area contributed by atoms with Crippen LogP contribution in [0.4, 0.5) is 4.39 Å². The first-order valence-electron chi connectivity index (χ1n) is 7.01. The molecule has 22 heavy (non-hydrogen) atoms. The van der Waals surface area contributed by atoms with Crippen LogP contribution in [0.25, 0.3) is 0 Å². The Hall–Kier alpha value is -2.00. The molecule has 0 aromatic carbocycles. The number of rotatable bonds is 6. The first-order chi connectivity index (χ1) is 10.5. The van der Waals surface area contributed by atoms with E-state index in [-0.39, 0.29) is 13.0 Å². The highest BCUT2D eigenvalue weighted by Gasteiger charge is 2.25. The molecule has 2 atom stereocenters. The van der Waals surface area contributed by atoms with Crippen LogP contribution in [0.2, 0.25) is 0 Å². The van der Waals surface area contributed by atoms with Crippen molar-refractivity contribution < 1.29 is 19.0 Å². The Morgan fingerprint density at radius 2 is 2.27 bits per heavy atom. The van der Waals surface area contributed by atoms with Crippen LogP contribution >= 0.6 is 0 Å². The number of ether oxygens (including phenoxy) is 1. The summed E-state index contributed by atoms with van der Waals surface area (Å²) in [6.07, 6.45) is 1.52. The summed E-state index contributed by atoms with van der Waals surface area (Å²) in [4.78, 5) is 35.3. The minimum atomic E-state index is -1.19. The summed E-state index contributed by atoms with van der Waals surface area (Å²) >= 11 is 0. The fraction of sp³-hybridized carbons (Fsp3) is 0.615. The zero-order valence-corrected chi connectivity index (χ0v) is 11.9. The van der Waals surface area contributed by atoms with Gasteiger partial charge in [0.25, 0.3) is 5.56 Å². The van der Waals surface area contributed by atoms with Crippen molar-refractivity contribution >= 4 is 5.97 Å². The molecule has 1 fully saturated rings. The van der Waals surface area contributed by atoms with E-state index < -0.39 is 41.7 Å². The molecule has 3 N–H and O–H groups in total. The Bertz CT molecular complexity index is 663. The van der Waals surface area contributed by atoms with Crippen LogP contribution in [0.1, 0.15) is 25.5 Å². The average Bonchev–Trinajstić information content (AvgIpc) is 3.00. The van der Waals surface area contributed by atoms with E-state index in [2.05, 4.69) is 0 Å². The molecule has 2 heterocycles. The predicted molar refractivity (Wildman–Crippen MR) is 73.9 cm³/mol. The maximum atomic E-state index is 13.8. The standard InChI is InChI=1S/C13H18FN3O5/c14-9-7-16(10-2-1-5-22-10)13(21)17(11(9)18)6-8(3-4-15)12(19)20/h7-8,10H,1-6,15H2,(H,19,20). The summed E-state index contributed by atoms with van der Waals surface area (Å²) in [5.41, 5.74) is 3.42. The number of carbonyl (C=O) groups is 1. The lowest BCUT2D eigenvalue weighted by Crippen LogP contribution is -2.44. The molecule has 0 aliphatic carbocycles. The van der Waals surface area contributed by atoms with Crippen molar-refractivity contribution in [3.63, 3.8) is 0 Å². The fourth-order valence-corrected chi connectivity index (χ4v) is 2.45. The third-order valence-corrected chi connectivity index (χ3v) is 3.64. The van der Waals surface area contributed by atoms with E-state index in [1.165, 1.54) is 0 Å². The molecule has 8 nitrogen and oxygen atoms in total. The molecule has 2 unspecified atom stereocenters. The summed E-state index contributed by atoms with van der Waals surface area (Å²) in [5, 5.41) is 9.10. The van der Waals surface area contributed by atoms with E-state index in [0.29, 0.717) is 17.6 Å². The fourth-order valence-electron chi connectivity index (χ4n) is 2.45. The second-order valence-electron chi connectivity index (χ2n) is 5.16. The summed E-state index contributed by atoms with van der Waals surface area (Å²) in [6, 6.07) is 0. The largest absolute Gasteiger partial charge is 0.481 e. The van der Waals surface area contributed by atoms with Gasteiger partial charge >= 0.3 is 11.7 Å². The minimum Gasteiger partial charge on any atom is -0.481 e. The average molecular weight is 315 g/mol. The van der Waals surface area contributed by atoms with Gasteiger partial charge in [0, 0.05) is 13.2 Å². The Kier molecular flexibility index (Phi) is 5.09. The molecule has 1 aromatic rings. The Labute approximate surface area is 124 Å². The molecule has 0 saturated carbocycles. The van der Waals surface area contributed by atoms with Gasteiger partial charge in [-0.25, -0.2) is 4.79 Å². The van der Waals surface area contributed by atoms with E-state index in [1.807, 2.05) is 0 Å². The van der Waals surface area contributed by atoms with Crippen LogP contribution in [-0.2, 0) is 16.1 Å². The van der Waals surface area contributed by atoms with E-state index in [0.717, 1.165) is 17.2 Å². The lowest BCUT2D eigenvalue weighted by molar-refractivity contribution is -0.142. The second kappa shape index (κ2) is 6.84. The lowest BCUT2D eigenvalue weighted by Gasteiger charge is -2.17. The summed E-state index contributed by atoms with van der Waals surface area (Å²) in [6.45, 7) is 0.110. The minimum absolute atomic E-state index is 0.0810. The van der Waals surface area contributed by atoms with Gasteiger partial charge in [0.15, 0.2) is 0 Å². The number of nitrogens with two attached hydrogens (primary N) is 1. The topological polar surface area (TPSA) is 117 Å². The molecular formula is C13H18FN3O5. The van der Waals surface area contributed by atoms with Gasteiger partial charge in [-0.05, 0) is 25.8 Å². The number of halogens is 1. The molecule has 1 aliphatic rings. The zero-order chi connectivity index (χ0) is 16.3. The Balaban J connectivity index is 2.43. The van der Waals surface area contributed by atoms with Gasteiger partial charge in [-0.3, -0.25) is 18.7 Å². The van der Waals surface area contributed by atoms with Crippen LogP contribution in [-0.4, -0.2) is 33.4 Å². The van der Waals surface area contributed by atoms with E-state index in [1.54, 1.807) is 0 Å². The molecule has 0 radical (unpaired) electrons. The van der Waals surface area contributed by atoms with Gasteiger partial charge in [0.1, 0.15) is 6.23 Å². The molecule has 0 spiro atoms. The van der Waals surface area contributed by atoms with Crippen molar-refractivity contribution in [1.82, 2.24) is 9.13 Å². The van der Waals surface area contributed by atoms with Crippen LogP contribution in [0.15, 0.2) is 15.8 Å². The van der Waals surface area contributed by atoms with Crippen molar-refractivity contribution in [3.05, 3.63) is 32.9 Å². The van der Waals surface area contributed by atoms with Gasteiger partial charge < -0.3 is 15.6 Å². The number of hydrogen-bond acceptors (Lipinski definition) is 5.